The van der Waals surface area contributed by atoms with Crippen molar-refractivity contribution in [3.05, 3.63) is 133 Å². The highest BCUT2D eigenvalue weighted by molar-refractivity contribution is 7.59. The first kappa shape index (κ1) is 82.3. The number of carbonyl (C=O) groups excluding carboxylic acids is 4. The second-order valence-electron chi connectivity index (χ2n) is 26.6. The molecule has 0 aliphatic heterocycles. The van der Waals surface area contributed by atoms with Crippen molar-refractivity contribution in [1.82, 2.24) is 20.3 Å². The van der Waals surface area contributed by atoms with E-state index in [1.165, 1.54) is 0 Å². The Bertz CT molecular complexity index is 3180. The van der Waals surface area contributed by atoms with Gasteiger partial charge >= 0.3 is 54.0 Å². The summed E-state index contributed by atoms with van der Waals surface area (Å²) >= 11 is 0. The molecular weight excluding hydrogens is 1250 g/mol. The summed E-state index contributed by atoms with van der Waals surface area (Å²) in [7, 11) is -13.2. The standard InChI is InChI=1S/C22H32NO4P.C16H26NO4P.2C15H24NO4P/c1-16(20(24)26-15-21(2,3)4)23-28(25,22(5,6)7)27-19-14-10-12-17-11-8-9-13-18(17)19;1-12(2)20-15(18)13(3)17-22(19,16(4,5)6)21-14-10-8-7-9-11-14;2*1-11(2)19-15(17)13(5)16-21(18,12(3)4)20-14-9-7-6-8-10-14/h8-14,16H,15H2,1-7H3,(H,23,25);7-13H,1-6H3,(H,17,19);2*6-13H,1-5H3,(H,16,18)/t16-,28?;13-,22-;13-,21?;13-,21+/m0000/s1. The molecule has 5 aromatic carbocycles. The third-order valence-electron chi connectivity index (χ3n) is 12.6. The number of benzene rings is 5. The van der Waals surface area contributed by atoms with Crippen LogP contribution < -0.4 is 38.4 Å². The first-order valence-electron chi connectivity index (χ1n) is 31.1. The van der Waals surface area contributed by atoms with Gasteiger partial charge in [0.1, 0.15) is 47.2 Å². The molecule has 514 valence electrons. The SMILES string of the molecule is CC(C)OC(=O)[C@H](C)NP(=O)(Oc1ccccc1)C(C)C.CC(C)OC(=O)[C@H](C)N[P@@](=O)(Oc1ccccc1)C(C)(C)C.CC(C)OC(=O)[C@H](C)N[P@](=O)(Oc1ccccc1)C(C)C.C[C@H](NP(=O)(Oc1cccc2ccccc12)C(C)(C)C)C(=O)OCC(C)(C)C. The summed E-state index contributed by atoms with van der Waals surface area (Å²) in [6, 6.07) is 37.3. The van der Waals surface area contributed by atoms with E-state index in [4.69, 9.17) is 37.0 Å². The molecule has 24 heteroatoms. The highest BCUT2D eigenvalue weighted by Crippen LogP contribution is 2.57. The molecule has 0 aliphatic carbocycles. The van der Waals surface area contributed by atoms with Gasteiger partial charge in [0.2, 0.25) is 0 Å². The molecule has 0 spiro atoms. The number of rotatable bonds is 26. The van der Waals surface area contributed by atoms with Crippen LogP contribution in [-0.2, 0) is 56.4 Å². The molecule has 0 saturated carbocycles. The van der Waals surface area contributed by atoms with Gasteiger partial charge in [-0.25, -0.2) is 20.3 Å². The minimum Gasteiger partial charge on any atom is -0.464 e. The summed E-state index contributed by atoms with van der Waals surface area (Å²) in [5.74, 6) is 0.261. The van der Waals surface area contributed by atoms with Crippen molar-refractivity contribution in [3.8, 4) is 23.0 Å². The third-order valence-corrected chi connectivity index (χ3v) is 23.7. The molecule has 92 heavy (non-hydrogen) atoms. The minimum absolute atomic E-state index is 0.136. The average molecular weight is 1360 g/mol. The van der Waals surface area contributed by atoms with Gasteiger partial charge in [0.15, 0.2) is 0 Å². The Morgan fingerprint density at radius 2 is 0.674 bits per heavy atom. The van der Waals surface area contributed by atoms with E-state index >= 15 is 0 Å². The lowest BCUT2D eigenvalue weighted by Gasteiger charge is -2.33. The molecule has 0 aromatic heterocycles. The first-order valence-corrected chi connectivity index (χ1v) is 37.7. The van der Waals surface area contributed by atoms with Crippen molar-refractivity contribution in [1.29, 1.82) is 0 Å². The fourth-order valence-corrected chi connectivity index (χ4v) is 14.1. The second kappa shape index (κ2) is 36.8. The fourth-order valence-electron chi connectivity index (χ4n) is 7.27. The van der Waals surface area contributed by atoms with Crippen molar-refractivity contribution >= 4 is 64.7 Å². The molecule has 0 bridgehead atoms. The van der Waals surface area contributed by atoms with Crippen LogP contribution in [0.2, 0.25) is 0 Å². The van der Waals surface area contributed by atoms with Gasteiger partial charge in [-0.05, 0) is 164 Å². The summed E-state index contributed by atoms with van der Waals surface area (Å²) in [6.45, 7) is 41.5. The lowest BCUT2D eigenvalue weighted by Crippen LogP contribution is -2.40. The van der Waals surface area contributed by atoms with Gasteiger partial charge in [-0.15, -0.1) is 0 Å². The molecule has 0 aliphatic rings. The predicted octanol–water partition coefficient (Wildman–Crippen LogP) is 17.0. The Morgan fingerprint density at radius 3 is 1.01 bits per heavy atom. The van der Waals surface area contributed by atoms with E-state index in [1.807, 2.05) is 117 Å². The van der Waals surface area contributed by atoms with Gasteiger partial charge in [-0.2, -0.15) is 0 Å². The Labute approximate surface area is 548 Å². The molecular formula is C68H106N4O16P4. The van der Waals surface area contributed by atoms with E-state index in [2.05, 4.69) is 20.3 Å². The molecule has 2 unspecified atom stereocenters. The monoisotopic (exact) mass is 1360 g/mol. The van der Waals surface area contributed by atoms with E-state index < -0.39 is 88.4 Å². The summed E-state index contributed by atoms with van der Waals surface area (Å²) in [6.07, 6.45) is -0.647. The maximum absolute atomic E-state index is 13.8. The van der Waals surface area contributed by atoms with Gasteiger partial charge in [-0.1, -0.05) is 139 Å². The van der Waals surface area contributed by atoms with Crippen LogP contribution in [0.15, 0.2) is 133 Å². The van der Waals surface area contributed by atoms with Gasteiger partial charge in [0.05, 0.1) is 46.5 Å². The van der Waals surface area contributed by atoms with Gasteiger partial charge < -0.3 is 37.0 Å². The average Bonchev–Trinajstić information content (AvgIpc) is 0.802. The number of hydrogen-bond donors (Lipinski definition) is 4. The summed E-state index contributed by atoms with van der Waals surface area (Å²) in [5, 5.41) is 11.9. The molecule has 0 heterocycles. The maximum Gasteiger partial charge on any atom is 0.323 e. The Hall–Kier alpha value is -5.80. The fraction of sp³-hybridized carbons (Fsp3) is 0.529. The molecule has 0 radical (unpaired) electrons. The zero-order chi connectivity index (χ0) is 70.2. The first-order chi connectivity index (χ1) is 42.4. The van der Waals surface area contributed by atoms with Crippen LogP contribution in [0, 0.1) is 5.41 Å². The number of para-hydroxylation sites is 3. The summed E-state index contributed by atoms with van der Waals surface area (Å²) in [4.78, 5) is 48.0. The van der Waals surface area contributed by atoms with Gasteiger partial charge in [0.25, 0.3) is 0 Å². The highest BCUT2D eigenvalue weighted by Gasteiger charge is 2.44. The zero-order valence-electron chi connectivity index (χ0n) is 58.4. The van der Waals surface area contributed by atoms with E-state index in [0.29, 0.717) is 29.6 Å². The quantitative estimate of drug-likeness (QED) is 0.0228. The molecule has 8 atom stereocenters. The summed E-state index contributed by atoms with van der Waals surface area (Å²) < 4.78 is 96.8. The lowest BCUT2D eigenvalue weighted by molar-refractivity contribution is -0.149. The number of nitrogens with one attached hydrogen (secondary N) is 4. The Morgan fingerprint density at radius 1 is 0.370 bits per heavy atom. The molecule has 5 aromatic rings. The predicted molar refractivity (Wildman–Crippen MR) is 370 cm³/mol. The van der Waals surface area contributed by atoms with Crippen LogP contribution in [0.3, 0.4) is 0 Å². The van der Waals surface area contributed by atoms with Crippen molar-refractivity contribution in [2.45, 2.75) is 223 Å². The number of ether oxygens (including phenoxy) is 4. The Kier molecular flexibility index (Phi) is 32.9. The van der Waals surface area contributed by atoms with E-state index in [1.54, 1.807) is 176 Å². The van der Waals surface area contributed by atoms with Crippen LogP contribution in [0.5, 0.6) is 23.0 Å². The van der Waals surface area contributed by atoms with Gasteiger partial charge in [-0.3, -0.25) is 37.4 Å². The molecule has 0 fully saturated rings. The lowest BCUT2D eigenvalue weighted by atomic mass is 9.99. The molecule has 4 N–H and O–H groups in total. The van der Waals surface area contributed by atoms with E-state index in [-0.39, 0.29) is 35.0 Å². The van der Waals surface area contributed by atoms with Crippen LogP contribution in [-0.4, -0.2) is 94.6 Å². The number of esters is 4. The van der Waals surface area contributed by atoms with Crippen LogP contribution in [0.1, 0.15) is 159 Å². The maximum atomic E-state index is 13.8. The van der Waals surface area contributed by atoms with E-state index in [9.17, 15) is 37.4 Å². The van der Waals surface area contributed by atoms with Crippen LogP contribution in [0.25, 0.3) is 10.8 Å². The smallest absolute Gasteiger partial charge is 0.323 e. The van der Waals surface area contributed by atoms with Crippen LogP contribution in [0.4, 0.5) is 0 Å². The molecule has 5 rings (SSSR count). The third kappa shape index (κ3) is 28.4. The van der Waals surface area contributed by atoms with Gasteiger partial charge in [0, 0.05) is 5.39 Å². The molecule has 0 amide bonds. The number of hydrogen-bond acceptors (Lipinski definition) is 16. The summed E-state index contributed by atoms with van der Waals surface area (Å²) in [5.41, 5.74) is -0.679. The van der Waals surface area contributed by atoms with Crippen molar-refractivity contribution in [2.75, 3.05) is 6.61 Å². The minimum atomic E-state index is -3.45. The zero-order valence-corrected chi connectivity index (χ0v) is 62.0. The highest BCUT2D eigenvalue weighted by atomic mass is 31.2. The number of fused-ring (bicyclic) bond motifs is 1. The van der Waals surface area contributed by atoms with Crippen molar-refractivity contribution < 1.29 is 74.5 Å². The van der Waals surface area contributed by atoms with Crippen molar-refractivity contribution in [3.63, 3.8) is 0 Å². The number of carbonyl (C=O) groups is 4. The second-order valence-corrected chi connectivity index (χ2v) is 37.7. The Balaban J connectivity index is 0.000000421. The van der Waals surface area contributed by atoms with Crippen LogP contribution >= 0.6 is 30.1 Å². The largest absolute Gasteiger partial charge is 0.464 e. The molecule has 0 saturated heterocycles. The van der Waals surface area contributed by atoms with E-state index in [0.717, 1.165) is 10.8 Å². The van der Waals surface area contributed by atoms with Crippen molar-refractivity contribution in [2.24, 2.45) is 5.41 Å². The topological polar surface area (TPSA) is 259 Å². The molecule has 20 nitrogen and oxygen atoms in total. The normalized spacial score (nSPS) is 15.7.